The number of amides is 1. The number of rotatable bonds is 3. The van der Waals surface area contributed by atoms with Crippen molar-refractivity contribution >= 4 is 28.4 Å². The number of fused-ring (bicyclic) bond motifs is 1. The van der Waals surface area contributed by atoms with Crippen LogP contribution in [-0.2, 0) is 4.74 Å². The number of aryl methyl sites for hydroxylation is 3. The predicted octanol–water partition coefficient (Wildman–Crippen LogP) is 3.64. The van der Waals surface area contributed by atoms with Crippen LogP contribution in [0, 0.1) is 20.8 Å². The first-order chi connectivity index (χ1) is 13.5. The fourth-order valence-corrected chi connectivity index (χ4v) is 3.28. The van der Waals surface area contributed by atoms with Gasteiger partial charge in [-0.05, 0) is 56.2 Å². The molecule has 6 heteroatoms. The number of anilines is 2. The van der Waals surface area contributed by atoms with Crippen molar-refractivity contribution in [3.63, 3.8) is 0 Å². The van der Waals surface area contributed by atoms with E-state index in [1.54, 1.807) is 0 Å². The fourth-order valence-electron chi connectivity index (χ4n) is 3.28. The van der Waals surface area contributed by atoms with E-state index in [2.05, 4.69) is 17.1 Å². The second kappa shape index (κ2) is 7.56. The minimum Gasteiger partial charge on any atom is -0.378 e. The summed E-state index contributed by atoms with van der Waals surface area (Å²) >= 11 is 0. The standard InChI is InChI=1S/C22H24N4O2/c1-14-4-6-17(7-5-14)23-22(27)20-21(26-8-10-28-11-9-26)25-19-13-16(3)15(2)12-18(19)24-20/h4-7,12-13H,8-11H2,1-3H3,(H,23,27). The van der Waals surface area contributed by atoms with Crippen molar-refractivity contribution in [3.05, 3.63) is 58.8 Å². The van der Waals surface area contributed by atoms with Crippen LogP contribution in [0.15, 0.2) is 36.4 Å². The summed E-state index contributed by atoms with van der Waals surface area (Å²) < 4.78 is 5.46. The van der Waals surface area contributed by atoms with Gasteiger partial charge >= 0.3 is 0 Å². The Morgan fingerprint density at radius 2 is 1.57 bits per heavy atom. The Kier molecular flexibility index (Phi) is 4.96. The molecule has 1 saturated heterocycles. The van der Waals surface area contributed by atoms with Gasteiger partial charge in [0.25, 0.3) is 5.91 Å². The molecule has 0 radical (unpaired) electrons. The number of hydrogen-bond donors (Lipinski definition) is 1. The Morgan fingerprint density at radius 3 is 2.21 bits per heavy atom. The summed E-state index contributed by atoms with van der Waals surface area (Å²) in [6, 6.07) is 11.7. The van der Waals surface area contributed by atoms with Crippen LogP contribution in [0.2, 0.25) is 0 Å². The van der Waals surface area contributed by atoms with Gasteiger partial charge in [-0.2, -0.15) is 0 Å². The number of benzene rings is 2. The van der Waals surface area contributed by atoms with Crippen LogP contribution in [-0.4, -0.2) is 42.2 Å². The van der Waals surface area contributed by atoms with E-state index in [1.807, 2.05) is 50.2 Å². The van der Waals surface area contributed by atoms with Gasteiger partial charge in [-0.15, -0.1) is 0 Å². The maximum atomic E-state index is 13.1. The van der Waals surface area contributed by atoms with Crippen molar-refractivity contribution in [2.24, 2.45) is 0 Å². The van der Waals surface area contributed by atoms with E-state index < -0.39 is 0 Å². The average molecular weight is 376 g/mol. The van der Waals surface area contributed by atoms with Crippen molar-refractivity contribution in [2.45, 2.75) is 20.8 Å². The zero-order valence-corrected chi connectivity index (χ0v) is 16.5. The lowest BCUT2D eigenvalue weighted by molar-refractivity contribution is 0.102. The molecule has 1 fully saturated rings. The molecule has 0 unspecified atom stereocenters. The van der Waals surface area contributed by atoms with Gasteiger partial charge in [0.05, 0.1) is 24.2 Å². The number of nitrogens with one attached hydrogen (secondary N) is 1. The normalized spacial score (nSPS) is 14.3. The number of hydrogen-bond acceptors (Lipinski definition) is 5. The molecule has 1 N–H and O–H groups in total. The van der Waals surface area contributed by atoms with Gasteiger partial charge in [0.2, 0.25) is 0 Å². The number of ether oxygens (including phenoxy) is 1. The molecule has 0 saturated carbocycles. The van der Waals surface area contributed by atoms with Gasteiger partial charge < -0.3 is 15.0 Å². The molecule has 28 heavy (non-hydrogen) atoms. The highest BCUT2D eigenvalue weighted by molar-refractivity contribution is 6.07. The highest BCUT2D eigenvalue weighted by atomic mass is 16.5. The van der Waals surface area contributed by atoms with Crippen molar-refractivity contribution < 1.29 is 9.53 Å². The molecular formula is C22H24N4O2. The minimum atomic E-state index is -0.252. The molecule has 0 bridgehead atoms. The van der Waals surface area contributed by atoms with E-state index in [4.69, 9.17) is 14.7 Å². The quantitative estimate of drug-likeness (QED) is 0.756. The Labute approximate surface area is 164 Å². The summed E-state index contributed by atoms with van der Waals surface area (Å²) in [6.07, 6.45) is 0. The average Bonchev–Trinajstić information content (AvgIpc) is 2.70. The molecule has 0 spiro atoms. The van der Waals surface area contributed by atoms with Crippen LogP contribution in [0.1, 0.15) is 27.2 Å². The number of morpholine rings is 1. The second-order valence-corrected chi connectivity index (χ2v) is 7.24. The first-order valence-corrected chi connectivity index (χ1v) is 9.51. The first-order valence-electron chi connectivity index (χ1n) is 9.51. The Bertz CT molecular complexity index is 1020. The van der Waals surface area contributed by atoms with Crippen molar-refractivity contribution in [3.8, 4) is 0 Å². The zero-order chi connectivity index (χ0) is 19.7. The lowest BCUT2D eigenvalue weighted by Crippen LogP contribution is -2.38. The maximum absolute atomic E-state index is 13.1. The van der Waals surface area contributed by atoms with Crippen molar-refractivity contribution in [2.75, 3.05) is 36.5 Å². The Balaban J connectivity index is 1.77. The zero-order valence-electron chi connectivity index (χ0n) is 16.5. The van der Waals surface area contributed by atoms with Gasteiger partial charge in [-0.3, -0.25) is 4.79 Å². The lowest BCUT2D eigenvalue weighted by atomic mass is 10.1. The predicted molar refractivity (Wildman–Crippen MR) is 111 cm³/mol. The molecule has 1 amide bonds. The third kappa shape index (κ3) is 3.68. The Hall–Kier alpha value is -2.99. The Morgan fingerprint density at radius 1 is 0.964 bits per heavy atom. The van der Waals surface area contributed by atoms with E-state index >= 15 is 0 Å². The van der Waals surface area contributed by atoms with Crippen LogP contribution in [0.5, 0.6) is 0 Å². The smallest absolute Gasteiger partial charge is 0.278 e. The van der Waals surface area contributed by atoms with Crippen LogP contribution in [0.3, 0.4) is 0 Å². The minimum absolute atomic E-state index is 0.252. The largest absolute Gasteiger partial charge is 0.378 e. The molecule has 1 aliphatic rings. The summed E-state index contributed by atoms with van der Waals surface area (Å²) in [5.41, 5.74) is 6.05. The van der Waals surface area contributed by atoms with Gasteiger partial charge in [-0.1, -0.05) is 17.7 Å². The number of aromatic nitrogens is 2. The molecule has 144 valence electrons. The van der Waals surface area contributed by atoms with E-state index in [0.717, 1.165) is 33.4 Å². The summed E-state index contributed by atoms with van der Waals surface area (Å²) in [4.78, 5) is 24.7. The first kappa shape index (κ1) is 18.4. The second-order valence-electron chi connectivity index (χ2n) is 7.24. The summed E-state index contributed by atoms with van der Waals surface area (Å²) in [7, 11) is 0. The number of carbonyl (C=O) groups is 1. The van der Waals surface area contributed by atoms with E-state index in [9.17, 15) is 4.79 Å². The van der Waals surface area contributed by atoms with Crippen LogP contribution in [0.25, 0.3) is 11.0 Å². The summed E-state index contributed by atoms with van der Waals surface area (Å²) in [6.45, 7) is 8.73. The van der Waals surface area contributed by atoms with Crippen molar-refractivity contribution in [1.29, 1.82) is 0 Å². The number of carbonyl (C=O) groups excluding carboxylic acids is 1. The molecule has 6 nitrogen and oxygen atoms in total. The van der Waals surface area contributed by atoms with E-state index in [-0.39, 0.29) is 5.91 Å². The van der Waals surface area contributed by atoms with Gasteiger partial charge in [-0.25, -0.2) is 9.97 Å². The molecule has 2 aromatic carbocycles. The molecular weight excluding hydrogens is 352 g/mol. The maximum Gasteiger partial charge on any atom is 0.278 e. The van der Waals surface area contributed by atoms with E-state index in [0.29, 0.717) is 37.8 Å². The highest BCUT2D eigenvalue weighted by Gasteiger charge is 2.23. The van der Waals surface area contributed by atoms with E-state index in [1.165, 1.54) is 0 Å². The van der Waals surface area contributed by atoms with Gasteiger partial charge in [0.1, 0.15) is 0 Å². The summed E-state index contributed by atoms with van der Waals surface area (Å²) in [5.74, 6) is 0.363. The summed E-state index contributed by atoms with van der Waals surface area (Å²) in [5, 5.41) is 2.96. The van der Waals surface area contributed by atoms with Crippen LogP contribution >= 0.6 is 0 Å². The fraction of sp³-hybridized carbons (Fsp3) is 0.318. The third-order valence-electron chi connectivity index (χ3n) is 5.10. The molecule has 3 aromatic rings. The molecule has 2 heterocycles. The third-order valence-corrected chi connectivity index (χ3v) is 5.10. The molecule has 0 atom stereocenters. The molecule has 4 rings (SSSR count). The SMILES string of the molecule is Cc1ccc(NC(=O)c2nc3cc(C)c(C)cc3nc2N2CCOCC2)cc1. The number of nitrogens with zero attached hydrogens (tertiary/aromatic N) is 3. The highest BCUT2D eigenvalue weighted by Crippen LogP contribution is 2.25. The van der Waals surface area contributed by atoms with Crippen molar-refractivity contribution in [1.82, 2.24) is 9.97 Å². The molecule has 0 aliphatic carbocycles. The van der Waals surface area contributed by atoms with Gasteiger partial charge in [0, 0.05) is 18.8 Å². The van der Waals surface area contributed by atoms with Crippen LogP contribution < -0.4 is 10.2 Å². The van der Waals surface area contributed by atoms with Crippen LogP contribution in [0.4, 0.5) is 11.5 Å². The monoisotopic (exact) mass is 376 g/mol. The molecule has 1 aromatic heterocycles. The van der Waals surface area contributed by atoms with Gasteiger partial charge in [0.15, 0.2) is 11.5 Å². The topological polar surface area (TPSA) is 67.4 Å². The molecule has 1 aliphatic heterocycles. The lowest BCUT2D eigenvalue weighted by Gasteiger charge is -2.29.